The summed E-state index contributed by atoms with van der Waals surface area (Å²) in [4.78, 5) is 2.91. The zero-order valence-corrected chi connectivity index (χ0v) is 4.76. The summed E-state index contributed by atoms with van der Waals surface area (Å²) in [5.74, 6) is 0. The molecule has 0 aromatic heterocycles. The molecule has 1 aliphatic rings. The average molecular weight is 146 g/mol. The third kappa shape index (κ3) is 0.885. The molecule has 0 saturated carbocycles. The Hall–Kier alpha value is -0.201. The summed E-state index contributed by atoms with van der Waals surface area (Å²) in [7, 11) is 0. The van der Waals surface area contributed by atoms with E-state index in [4.69, 9.17) is 3.82 Å². The average Bonchev–Trinajstić information content (AvgIpc) is 1.72. The second-order valence-corrected chi connectivity index (χ2v) is 2.04. The van der Waals surface area contributed by atoms with Gasteiger partial charge in [-0.05, 0) is 0 Å². The van der Waals surface area contributed by atoms with Crippen molar-refractivity contribution in [2.45, 2.75) is 0 Å². The fraction of sp³-hybridized carbons (Fsp3) is 0. The second kappa shape index (κ2) is 2.06. The van der Waals surface area contributed by atoms with Crippen molar-refractivity contribution in [3.8, 4) is 0 Å². The van der Waals surface area contributed by atoms with Crippen molar-refractivity contribution in [1.82, 2.24) is 0 Å². The van der Waals surface area contributed by atoms with Gasteiger partial charge in [-0.15, -0.1) is 0 Å². The number of allylic oxidation sites excluding steroid dienone is 2. The Morgan fingerprint density at radius 1 is 1.67 bits per heavy atom. The van der Waals surface area contributed by atoms with Crippen LogP contribution in [0.25, 0.3) is 0 Å². The van der Waals surface area contributed by atoms with Crippen LogP contribution in [0.1, 0.15) is 0 Å². The van der Waals surface area contributed by atoms with Gasteiger partial charge < -0.3 is 0 Å². The van der Waals surface area contributed by atoms with Crippen LogP contribution in [-0.4, -0.2) is 15.3 Å². The number of hydrogen-bond acceptors (Lipinski definition) is 1. The topological polar surface area (TPSA) is 9.23 Å². The monoisotopic (exact) mass is 147 g/mol. The number of rotatable bonds is 0. The van der Waals surface area contributed by atoms with Crippen LogP contribution >= 0.6 is 0 Å². The van der Waals surface area contributed by atoms with E-state index >= 15 is 0 Å². The van der Waals surface area contributed by atoms with Gasteiger partial charge in [-0.1, -0.05) is 0 Å². The van der Waals surface area contributed by atoms with E-state index < -0.39 is 0 Å². The van der Waals surface area contributed by atoms with Gasteiger partial charge in [0, 0.05) is 0 Å². The van der Waals surface area contributed by atoms with Gasteiger partial charge in [0.2, 0.25) is 0 Å². The molecule has 0 aromatic rings. The van der Waals surface area contributed by atoms with Crippen LogP contribution in [0.5, 0.6) is 0 Å². The van der Waals surface area contributed by atoms with Gasteiger partial charge in [-0.2, -0.15) is 0 Å². The molecule has 31 valence electrons. The van der Waals surface area contributed by atoms with Crippen molar-refractivity contribution in [1.29, 1.82) is 0 Å². The Bertz CT molecular complexity index is 73.5. The molecule has 1 rings (SSSR count). The van der Waals surface area contributed by atoms with Crippen molar-refractivity contribution in [3.05, 3.63) is 23.4 Å². The van der Waals surface area contributed by atoms with Crippen molar-refractivity contribution in [3.63, 3.8) is 0 Å². The summed E-state index contributed by atoms with van der Waals surface area (Å²) < 4.78 is 4.81. The predicted octanol–water partition coefficient (Wildman–Crippen LogP) is 0.466. The third-order valence-corrected chi connectivity index (χ3v) is 1.32. The molecular formula is C4H3OSe. The Kier molecular flexibility index (Phi) is 1.36. The van der Waals surface area contributed by atoms with Crippen LogP contribution in [0.2, 0.25) is 0 Å². The van der Waals surface area contributed by atoms with E-state index in [2.05, 4.69) is 4.97 Å². The van der Waals surface area contributed by atoms with Gasteiger partial charge >= 0.3 is 42.5 Å². The van der Waals surface area contributed by atoms with Gasteiger partial charge in [-0.25, -0.2) is 0 Å². The van der Waals surface area contributed by atoms with Gasteiger partial charge in [0.1, 0.15) is 0 Å². The maximum atomic E-state index is 4.81. The first-order chi connectivity index (χ1) is 3.00. The zero-order valence-electron chi connectivity index (χ0n) is 3.05. The summed E-state index contributed by atoms with van der Waals surface area (Å²) in [5.41, 5.74) is 0. The van der Waals surface area contributed by atoms with E-state index in [9.17, 15) is 0 Å². The molecule has 0 saturated heterocycles. The molecule has 0 aliphatic carbocycles. The molecule has 6 heavy (non-hydrogen) atoms. The molecule has 0 atom stereocenters. The number of hydrogen-bond donors (Lipinski definition) is 0. The van der Waals surface area contributed by atoms with Crippen LogP contribution in [0.3, 0.4) is 0 Å². The molecule has 2 heteroatoms. The fourth-order valence-corrected chi connectivity index (χ4v) is 0.843. The fourth-order valence-electron chi connectivity index (χ4n) is 0.194. The molecular weight excluding hydrogens is 143 g/mol. The van der Waals surface area contributed by atoms with E-state index in [1.807, 2.05) is 12.2 Å². The molecule has 0 fully saturated rings. The van der Waals surface area contributed by atoms with Gasteiger partial charge in [0.25, 0.3) is 0 Å². The third-order valence-electron chi connectivity index (χ3n) is 0.395. The first-order valence-corrected chi connectivity index (χ1v) is 3.12. The minimum absolute atomic E-state index is 0.161. The maximum absolute atomic E-state index is 4.81. The molecule has 0 bridgehead atoms. The van der Waals surface area contributed by atoms with E-state index in [1.54, 1.807) is 6.26 Å². The van der Waals surface area contributed by atoms with Crippen LogP contribution in [-0.2, 0) is 3.82 Å². The molecule has 0 amide bonds. The van der Waals surface area contributed by atoms with E-state index in [1.165, 1.54) is 0 Å². The predicted molar refractivity (Wildman–Crippen MR) is 23.8 cm³/mol. The van der Waals surface area contributed by atoms with Gasteiger partial charge in [0.15, 0.2) is 0 Å². The molecule has 0 N–H and O–H groups in total. The Balaban J connectivity index is 2.46. The Morgan fingerprint density at radius 3 is 2.83 bits per heavy atom. The minimum atomic E-state index is 0.161. The van der Waals surface area contributed by atoms with Crippen molar-refractivity contribution >= 4 is 15.3 Å². The van der Waals surface area contributed by atoms with Crippen LogP contribution < -0.4 is 0 Å². The van der Waals surface area contributed by atoms with Crippen molar-refractivity contribution in [2.75, 3.05) is 0 Å². The SMILES string of the molecule is [C]1=CC=CO[Se]1. The van der Waals surface area contributed by atoms with Crippen molar-refractivity contribution in [2.24, 2.45) is 0 Å². The molecule has 0 spiro atoms. The normalized spacial score (nSPS) is 17.3. The summed E-state index contributed by atoms with van der Waals surface area (Å²) in [6, 6.07) is 0. The van der Waals surface area contributed by atoms with Crippen LogP contribution in [0, 0.1) is 4.97 Å². The summed E-state index contributed by atoms with van der Waals surface area (Å²) in [6.07, 6.45) is 5.37. The summed E-state index contributed by atoms with van der Waals surface area (Å²) in [6.45, 7) is 0. The molecule has 1 aliphatic heterocycles. The quantitative estimate of drug-likeness (QED) is 0.451. The van der Waals surface area contributed by atoms with Crippen molar-refractivity contribution < 1.29 is 3.82 Å². The Morgan fingerprint density at radius 2 is 2.67 bits per heavy atom. The van der Waals surface area contributed by atoms with Crippen LogP contribution in [0.4, 0.5) is 0 Å². The van der Waals surface area contributed by atoms with E-state index in [-0.39, 0.29) is 15.3 Å². The van der Waals surface area contributed by atoms with Gasteiger partial charge in [0.05, 0.1) is 0 Å². The molecule has 1 heterocycles. The first-order valence-electron chi connectivity index (χ1n) is 1.56. The molecule has 0 unspecified atom stereocenters. The van der Waals surface area contributed by atoms with E-state index in [0.29, 0.717) is 0 Å². The zero-order chi connectivity index (χ0) is 4.24. The van der Waals surface area contributed by atoms with E-state index in [0.717, 1.165) is 0 Å². The molecule has 1 radical (unpaired) electrons. The first kappa shape index (κ1) is 3.97. The van der Waals surface area contributed by atoms with Crippen LogP contribution in [0.15, 0.2) is 18.4 Å². The second-order valence-electron chi connectivity index (χ2n) is 0.793. The Labute approximate surface area is 43.2 Å². The molecule has 0 aromatic carbocycles. The summed E-state index contributed by atoms with van der Waals surface area (Å²) >= 11 is 0.161. The summed E-state index contributed by atoms with van der Waals surface area (Å²) in [5, 5.41) is 0. The standard InChI is InChI=1S/C4H3OSe/c1-2-4-6-5-3-1/h1-3H. The van der Waals surface area contributed by atoms with Gasteiger partial charge in [-0.3, -0.25) is 0 Å². The molecule has 1 nitrogen and oxygen atoms in total.